The highest BCUT2D eigenvalue weighted by Crippen LogP contribution is 2.37. The molecule has 0 fully saturated rings. The van der Waals surface area contributed by atoms with E-state index in [-0.39, 0.29) is 30.2 Å². The van der Waals surface area contributed by atoms with Gasteiger partial charge in [-0.05, 0) is 54.3 Å². The second-order valence-electron chi connectivity index (χ2n) is 7.78. The van der Waals surface area contributed by atoms with Crippen molar-refractivity contribution in [2.75, 3.05) is 13.1 Å². The first-order valence-electron chi connectivity index (χ1n) is 11.1. The number of amides is 2. The number of carbonyl (C=O) groups excluding carboxylic acids is 2. The normalized spacial score (nSPS) is 15.2. The van der Waals surface area contributed by atoms with Crippen molar-refractivity contribution in [2.45, 2.75) is 39.3 Å². The van der Waals surface area contributed by atoms with Crippen molar-refractivity contribution in [3.63, 3.8) is 0 Å². The Balaban J connectivity index is 1.57. The average molecular weight is 433 g/mol. The largest absolute Gasteiger partial charge is 0.486 e. The van der Waals surface area contributed by atoms with Gasteiger partial charge in [0.05, 0.1) is 6.04 Å². The van der Waals surface area contributed by atoms with Crippen LogP contribution in [0.3, 0.4) is 0 Å². The summed E-state index contributed by atoms with van der Waals surface area (Å²) in [5.41, 5.74) is 3.40. The monoisotopic (exact) mass is 432 g/mol. The minimum atomic E-state index is -0.237. The predicted octanol–water partition coefficient (Wildman–Crippen LogP) is 4.49. The molecule has 0 radical (unpaired) electrons. The SMILES string of the molecule is CCNC(=O)c1ccc(COc2ccc3c(c2)C(c2ccccc2)N(C(=O)CC)CC3)o1. The number of nitrogens with zero attached hydrogens (tertiary/aromatic N) is 1. The fourth-order valence-electron chi connectivity index (χ4n) is 4.13. The molecule has 1 N–H and O–H groups in total. The summed E-state index contributed by atoms with van der Waals surface area (Å²) in [6.07, 6.45) is 1.29. The number of rotatable bonds is 7. The highest BCUT2D eigenvalue weighted by atomic mass is 16.5. The van der Waals surface area contributed by atoms with Crippen molar-refractivity contribution in [3.05, 3.63) is 88.9 Å². The summed E-state index contributed by atoms with van der Waals surface area (Å²) < 4.78 is 11.6. The first-order chi connectivity index (χ1) is 15.6. The molecule has 4 rings (SSSR count). The third-order valence-electron chi connectivity index (χ3n) is 5.69. The van der Waals surface area contributed by atoms with Crippen LogP contribution in [0.5, 0.6) is 5.75 Å². The maximum atomic E-state index is 12.7. The second kappa shape index (κ2) is 9.73. The van der Waals surface area contributed by atoms with Gasteiger partial charge in [0.1, 0.15) is 18.1 Å². The predicted molar refractivity (Wildman–Crippen MR) is 121 cm³/mol. The molecule has 32 heavy (non-hydrogen) atoms. The van der Waals surface area contributed by atoms with Crippen LogP contribution in [0.2, 0.25) is 0 Å². The van der Waals surface area contributed by atoms with Crippen LogP contribution in [-0.4, -0.2) is 29.8 Å². The molecule has 2 heterocycles. The molecule has 1 aliphatic heterocycles. The summed E-state index contributed by atoms with van der Waals surface area (Å²) >= 11 is 0. The molecule has 166 valence electrons. The molecule has 1 atom stereocenters. The highest BCUT2D eigenvalue weighted by Gasteiger charge is 2.31. The van der Waals surface area contributed by atoms with E-state index in [4.69, 9.17) is 9.15 Å². The zero-order valence-electron chi connectivity index (χ0n) is 18.5. The number of nitrogens with one attached hydrogen (secondary N) is 1. The average Bonchev–Trinajstić information content (AvgIpc) is 3.31. The summed E-state index contributed by atoms with van der Waals surface area (Å²) in [5.74, 6) is 1.45. The van der Waals surface area contributed by atoms with Gasteiger partial charge in [-0.1, -0.05) is 43.3 Å². The minimum absolute atomic E-state index is 0.135. The zero-order valence-corrected chi connectivity index (χ0v) is 18.5. The lowest BCUT2D eigenvalue weighted by molar-refractivity contribution is -0.132. The lowest BCUT2D eigenvalue weighted by Crippen LogP contribution is -2.40. The van der Waals surface area contributed by atoms with Crippen molar-refractivity contribution < 1.29 is 18.7 Å². The van der Waals surface area contributed by atoms with Crippen molar-refractivity contribution in [2.24, 2.45) is 0 Å². The molecule has 1 aromatic heterocycles. The van der Waals surface area contributed by atoms with Crippen LogP contribution in [0.25, 0.3) is 0 Å². The number of ether oxygens (including phenoxy) is 1. The number of benzene rings is 2. The van der Waals surface area contributed by atoms with Gasteiger partial charge in [0, 0.05) is 19.5 Å². The van der Waals surface area contributed by atoms with Gasteiger partial charge in [0.25, 0.3) is 5.91 Å². The number of furan rings is 1. The number of fused-ring (bicyclic) bond motifs is 1. The van der Waals surface area contributed by atoms with Crippen molar-refractivity contribution in [1.29, 1.82) is 0 Å². The maximum Gasteiger partial charge on any atom is 0.286 e. The summed E-state index contributed by atoms with van der Waals surface area (Å²) in [7, 11) is 0. The van der Waals surface area contributed by atoms with Gasteiger partial charge in [0.2, 0.25) is 5.91 Å². The Morgan fingerprint density at radius 1 is 1.09 bits per heavy atom. The summed E-state index contributed by atoms with van der Waals surface area (Å²) in [6.45, 7) is 5.22. The molecule has 1 aliphatic rings. The van der Waals surface area contributed by atoms with Crippen LogP contribution in [0.1, 0.15) is 59.3 Å². The second-order valence-corrected chi connectivity index (χ2v) is 7.78. The number of carbonyl (C=O) groups is 2. The van der Waals surface area contributed by atoms with Crippen LogP contribution < -0.4 is 10.1 Å². The van der Waals surface area contributed by atoms with Crippen molar-refractivity contribution >= 4 is 11.8 Å². The Bertz CT molecular complexity index is 1090. The maximum absolute atomic E-state index is 12.7. The van der Waals surface area contributed by atoms with Gasteiger partial charge in [-0.2, -0.15) is 0 Å². The molecule has 0 aliphatic carbocycles. The van der Waals surface area contributed by atoms with Crippen molar-refractivity contribution in [1.82, 2.24) is 10.2 Å². The van der Waals surface area contributed by atoms with E-state index in [0.29, 0.717) is 31.0 Å². The molecular formula is C26H28N2O4. The zero-order chi connectivity index (χ0) is 22.5. The van der Waals surface area contributed by atoms with Crippen LogP contribution in [-0.2, 0) is 17.8 Å². The van der Waals surface area contributed by atoms with E-state index in [2.05, 4.69) is 23.5 Å². The topological polar surface area (TPSA) is 71.8 Å². The van der Waals surface area contributed by atoms with Crippen LogP contribution >= 0.6 is 0 Å². The van der Waals surface area contributed by atoms with Crippen LogP contribution in [0.15, 0.2) is 65.1 Å². The van der Waals surface area contributed by atoms with Gasteiger partial charge in [-0.15, -0.1) is 0 Å². The molecule has 6 heteroatoms. The standard InChI is InChI=1S/C26H28N2O4/c1-3-24(29)28-15-14-18-10-11-20(16-22(18)25(28)19-8-6-5-7-9-19)31-17-21-12-13-23(32-21)26(30)27-4-2/h5-13,16,25H,3-4,14-15,17H2,1-2H3,(H,27,30). The Morgan fingerprint density at radius 3 is 2.66 bits per heavy atom. The Hall–Kier alpha value is -3.54. The highest BCUT2D eigenvalue weighted by molar-refractivity contribution is 5.91. The molecule has 0 saturated heterocycles. The van der Waals surface area contributed by atoms with E-state index in [1.54, 1.807) is 12.1 Å². The first-order valence-corrected chi connectivity index (χ1v) is 11.1. The van der Waals surface area contributed by atoms with Gasteiger partial charge >= 0.3 is 0 Å². The Labute approximate surface area is 188 Å². The van der Waals surface area contributed by atoms with E-state index < -0.39 is 0 Å². The summed E-state index contributed by atoms with van der Waals surface area (Å²) in [4.78, 5) is 26.6. The lowest BCUT2D eigenvalue weighted by Gasteiger charge is -2.38. The van der Waals surface area contributed by atoms with Gasteiger partial charge < -0.3 is 19.4 Å². The van der Waals surface area contributed by atoms with Gasteiger partial charge in [0.15, 0.2) is 5.76 Å². The Morgan fingerprint density at radius 2 is 1.91 bits per heavy atom. The first kappa shape index (κ1) is 21.7. The van der Waals surface area contributed by atoms with Gasteiger partial charge in [-0.25, -0.2) is 0 Å². The molecule has 6 nitrogen and oxygen atoms in total. The molecule has 0 spiro atoms. The molecule has 2 amide bonds. The lowest BCUT2D eigenvalue weighted by atomic mass is 9.87. The van der Waals surface area contributed by atoms with E-state index in [1.165, 1.54) is 5.56 Å². The van der Waals surface area contributed by atoms with Crippen LogP contribution in [0, 0.1) is 0 Å². The minimum Gasteiger partial charge on any atom is -0.486 e. The Kier molecular flexibility index (Phi) is 6.59. The van der Waals surface area contributed by atoms with Gasteiger partial charge in [-0.3, -0.25) is 9.59 Å². The van der Waals surface area contributed by atoms with Crippen LogP contribution in [0.4, 0.5) is 0 Å². The third-order valence-corrected chi connectivity index (χ3v) is 5.69. The molecule has 0 bridgehead atoms. The quantitative estimate of drug-likeness (QED) is 0.597. The van der Waals surface area contributed by atoms with Crippen molar-refractivity contribution in [3.8, 4) is 5.75 Å². The van der Waals surface area contributed by atoms with E-state index >= 15 is 0 Å². The fourth-order valence-corrected chi connectivity index (χ4v) is 4.13. The third kappa shape index (κ3) is 4.54. The number of hydrogen-bond donors (Lipinski definition) is 1. The summed E-state index contributed by atoms with van der Waals surface area (Å²) in [6, 6.07) is 19.4. The molecule has 0 saturated carbocycles. The molecule has 1 unspecified atom stereocenters. The smallest absolute Gasteiger partial charge is 0.286 e. The molecule has 2 aromatic carbocycles. The summed E-state index contributed by atoms with van der Waals surface area (Å²) in [5, 5.41) is 2.72. The fraction of sp³-hybridized carbons (Fsp3) is 0.308. The molecule has 3 aromatic rings. The molecular weight excluding hydrogens is 404 g/mol. The van der Waals surface area contributed by atoms with E-state index in [9.17, 15) is 9.59 Å². The van der Waals surface area contributed by atoms with E-state index in [1.807, 2.05) is 49.1 Å². The van der Waals surface area contributed by atoms with E-state index in [0.717, 1.165) is 17.5 Å². The number of hydrogen-bond acceptors (Lipinski definition) is 4.